The van der Waals surface area contributed by atoms with E-state index in [-0.39, 0.29) is 17.7 Å². The number of carbonyl (C=O) groups excluding carboxylic acids is 1. The van der Waals surface area contributed by atoms with Crippen molar-refractivity contribution in [2.75, 3.05) is 14.2 Å². The monoisotopic (exact) mass is 400 g/mol. The summed E-state index contributed by atoms with van der Waals surface area (Å²) in [7, 11) is 5.95. The Labute approximate surface area is 164 Å². The van der Waals surface area contributed by atoms with Crippen molar-refractivity contribution in [1.82, 2.24) is 24.1 Å². The van der Waals surface area contributed by atoms with Crippen molar-refractivity contribution in [2.24, 2.45) is 19.2 Å². The van der Waals surface area contributed by atoms with E-state index in [1.54, 1.807) is 18.2 Å². The average Bonchev–Trinajstić information content (AvgIpc) is 3.14. The van der Waals surface area contributed by atoms with Crippen molar-refractivity contribution in [3.63, 3.8) is 0 Å². The molecule has 3 rings (SSSR count). The Morgan fingerprint density at radius 3 is 2.59 bits per heavy atom. The van der Waals surface area contributed by atoms with Crippen LogP contribution in [0.2, 0.25) is 0 Å². The van der Waals surface area contributed by atoms with E-state index in [9.17, 15) is 14.4 Å². The zero-order chi connectivity index (χ0) is 21.1. The number of aromatic nitrogens is 4. The van der Waals surface area contributed by atoms with Crippen LogP contribution in [0.25, 0.3) is 11.2 Å². The molecule has 2 heterocycles. The SMILES string of the molecule is COc1ccc(/C=N/NC(=O)Cn2cnc3c(=O)n(C)c(=O)n(C)c32)cc1OC. The number of nitrogens with one attached hydrogen (secondary N) is 1. The molecule has 0 atom stereocenters. The summed E-state index contributed by atoms with van der Waals surface area (Å²) in [6.07, 6.45) is 2.79. The summed E-state index contributed by atoms with van der Waals surface area (Å²) < 4.78 is 14.0. The predicted octanol–water partition coefficient (Wildman–Crippen LogP) is -0.399. The van der Waals surface area contributed by atoms with Gasteiger partial charge in [-0.25, -0.2) is 15.2 Å². The Kier molecular flexibility index (Phi) is 5.48. The maximum absolute atomic E-state index is 12.2. The molecule has 1 N–H and O–H groups in total. The highest BCUT2D eigenvalue weighted by Crippen LogP contribution is 2.26. The van der Waals surface area contributed by atoms with Crippen LogP contribution in [-0.4, -0.2) is 45.0 Å². The van der Waals surface area contributed by atoms with Crippen LogP contribution in [0, 0.1) is 0 Å². The van der Waals surface area contributed by atoms with Gasteiger partial charge in [0.25, 0.3) is 11.5 Å². The van der Waals surface area contributed by atoms with Crippen molar-refractivity contribution in [1.29, 1.82) is 0 Å². The lowest BCUT2D eigenvalue weighted by Crippen LogP contribution is -2.37. The van der Waals surface area contributed by atoms with E-state index in [2.05, 4.69) is 15.5 Å². The number of aryl methyl sites for hydroxylation is 1. The van der Waals surface area contributed by atoms with Crippen molar-refractivity contribution in [3.05, 3.63) is 50.9 Å². The summed E-state index contributed by atoms with van der Waals surface area (Å²) in [4.78, 5) is 40.5. The number of hydrogen-bond donors (Lipinski definition) is 1. The number of rotatable bonds is 6. The van der Waals surface area contributed by atoms with Crippen LogP contribution in [0.3, 0.4) is 0 Å². The summed E-state index contributed by atoms with van der Waals surface area (Å²) in [6.45, 7) is -0.166. The van der Waals surface area contributed by atoms with Gasteiger partial charge in [0.2, 0.25) is 0 Å². The molecule has 0 fully saturated rings. The fraction of sp³-hybridized carbons (Fsp3) is 0.278. The summed E-state index contributed by atoms with van der Waals surface area (Å²) in [5.74, 6) is 0.668. The number of carbonyl (C=O) groups is 1. The zero-order valence-corrected chi connectivity index (χ0v) is 16.4. The van der Waals surface area contributed by atoms with Gasteiger partial charge in [-0.1, -0.05) is 0 Å². The van der Waals surface area contributed by atoms with Crippen LogP contribution >= 0.6 is 0 Å². The van der Waals surface area contributed by atoms with Crippen molar-refractivity contribution < 1.29 is 14.3 Å². The maximum Gasteiger partial charge on any atom is 0.332 e. The smallest absolute Gasteiger partial charge is 0.332 e. The number of amides is 1. The van der Waals surface area contributed by atoms with E-state index < -0.39 is 17.2 Å². The van der Waals surface area contributed by atoms with Crippen LogP contribution in [0.4, 0.5) is 0 Å². The molecule has 11 heteroatoms. The van der Waals surface area contributed by atoms with Crippen LogP contribution in [0.15, 0.2) is 39.2 Å². The van der Waals surface area contributed by atoms with Gasteiger partial charge in [-0.05, 0) is 23.8 Å². The fourth-order valence-electron chi connectivity index (χ4n) is 2.86. The Balaban J connectivity index is 1.76. The second-order valence-corrected chi connectivity index (χ2v) is 6.16. The van der Waals surface area contributed by atoms with Gasteiger partial charge in [0.05, 0.1) is 26.8 Å². The molecule has 0 bridgehead atoms. The van der Waals surface area contributed by atoms with Gasteiger partial charge in [-0.3, -0.25) is 18.7 Å². The molecule has 11 nitrogen and oxygen atoms in total. The third-order valence-electron chi connectivity index (χ3n) is 4.33. The number of hydrogen-bond acceptors (Lipinski definition) is 7. The van der Waals surface area contributed by atoms with Crippen LogP contribution in [0.1, 0.15) is 5.56 Å². The summed E-state index contributed by atoms with van der Waals surface area (Å²) >= 11 is 0. The van der Waals surface area contributed by atoms with Crippen molar-refractivity contribution >= 4 is 23.3 Å². The van der Waals surface area contributed by atoms with Gasteiger partial charge < -0.3 is 14.0 Å². The minimum absolute atomic E-state index is 0.108. The van der Waals surface area contributed by atoms with E-state index in [4.69, 9.17) is 9.47 Å². The summed E-state index contributed by atoms with van der Waals surface area (Å²) in [5, 5.41) is 3.92. The van der Waals surface area contributed by atoms with E-state index in [0.717, 1.165) is 4.57 Å². The van der Waals surface area contributed by atoms with E-state index in [1.165, 1.54) is 50.0 Å². The normalized spacial score (nSPS) is 11.2. The lowest BCUT2D eigenvalue weighted by Gasteiger charge is -2.08. The van der Waals surface area contributed by atoms with E-state index >= 15 is 0 Å². The molecule has 0 saturated carbocycles. The van der Waals surface area contributed by atoms with Gasteiger partial charge in [-0.15, -0.1) is 0 Å². The molecule has 152 valence electrons. The van der Waals surface area contributed by atoms with Gasteiger partial charge in [0.1, 0.15) is 12.2 Å². The first-order chi connectivity index (χ1) is 13.9. The molecule has 29 heavy (non-hydrogen) atoms. The van der Waals surface area contributed by atoms with Gasteiger partial charge in [0.15, 0.2) is 17.0 Å². The molecule has 0 aliphatic rings. The van der Waals surface area contributed by atoms with Crippen molar-refractivity contribution in [2.45, 2.75) is 6.54 Å². The van der Waals surface area contributed by atoms with Gasteiger partial charge >= 0.3 is 5.69 Å². The molecule has 0 aliphatic carbocycles. The quantitative estimate of drug-likeness (QED) is 0.444. The first kappa shape index (κ1) is 19.9. The molecule has 3 aromatic rings. The molecule has 2 aromatic heterocycles. The Hall–Kier alpha value is -3.89. The number of hydrazone groups is 1. The Morgan fingerprint density at radius 1 is 1.17 bits per heavy atom. The molecule has 1 amide bonds. The number of ether oxygens (including phenoxy) is 2. The third kappa shape index (κ3) is 3.74. The van der Waals surface area contributed by atoms with Crippen molar-refractivity contribution in [3.8, 4) is 11.5 Å². The molecule has 0 aliphatic heterocycles. The van der Waals surface area contributed by atoms with E-state index in [1.807, 2.05) is 0 Å². The van der Waals surface area contributed by atoms with Crippen LogP contribution < -0.4 is 26.1 Å². The Bertz CT molecular complexity index is 1220. The third-order valence-corrected chi connectivity index (χ3v) is 4.33. The second-order valence-electron chi connectivity index (χ2n) is 6.16. The Morgan fingerprint density at radius 2 is 1.90 bits per heavy atom. The topological polar surface area (TPSA) is 122 Å². The molecule has 0 saturated heterocycles. The van der Waals surface area contributed by atoms with Gasteiger partial charge in [-0.2, -0.15) is 5.10 Å². The molecular weight excluding hydrogens is 380 g/mol. The highest BCUT2D eigenvalue weighted by Gasteiger charge is 2.15. The molecule has 1 aromatic carbocycles. The maximum atomic E-state index is 12.2. The number of methoxy groups -OCH3 is 2. The lowest BCUT2D eigenvalue weighted by molar-refractivity contribution is -0.121. The molecule has 0 radical (unpaired) electrons. The highest BCUT2D eigenvalue weighted by molar-refractivity contribution is 5.83. The van der Waals surface area contributed by atoms with Gasteiger partial charge in [0, 0.05) is 14.1 Å². The summed E-state index contributed by atoms with van der Waals surface area (Å²) in [6, 6.07) is 5.19. The number of imidazole rings is 1. The summed E-state index contributed by atoms with van der Waals surface area (Å²) in [5.41, 5.74) is 2.44. The minimum atomic E-state index is -0.520. The highest BCUT2D eigenvalue weighted by atomic mass is 16.5. The standard InChI is InChI=1S/C18H20N6O5/c1-22-16-15(17(26)23(2)18(22)27)19-10-24(16)9-14(25)21-20-8-11-5-6-12(28-3)13(7-11)29-4/h5-8,10H,9H2,1-4H3,(H,21,25)/b20-8+. The number of benzene rings is 1. The van der Waals surface area contributed by atoms with Crippen LogP contribution in [-0.2, 0) is 25.4 Å². The number of fused-ring (bicyclic) bond motifs is 1. The molecular formula is C18H20N6O5. The first-order valence-corrected chi connectivity index (χ1v) is 8.52. The largest absolute Gasteiger partial charge is 0.493 e. The first-order valence-electron chi connectivity index (χ1n) is 8.52. The average molecular weight is 400 g/mol. The number of nitrogens with zero attached hydrogens (tertiary/aromatic N) is 5. The van der Waals surface area contributed by atoms with Crippen LogP contribution in [0.5, 0.6) is 11.5 Å². The second kappa shape index (κ2) is 8.00. The lowest BCUT2D eigenvalue weighted by atomic mass is 10.2. The molecule has 0 spiro atoms. The predicted molar refractivity (Wildman–Crippen MR) is 105 cm³/mol. The molecule has 0 unspecified atom stereocenters. The minimum Gasteiger partial charge on any atom is -0.493 e. The zero-order valence-electron chi connectivity index (χ0n) is 16.4. The van der Waals surface area contributed by atoms with E-state index in [0.29, 0.717) is 17.1 Å². The fourth-order valence-corrected chi connectivity index (χ4v) is 2.86.